The molecule has 1 aromatic carbocycles. The lowest BCUT2D eigenvalue weighted by molar-refractivity contribution is 0.326. The zero-order valence-electron chi connectivity index (χ0n) is 10.7. The van der Waals surface area contributed by atoms with E-state index in [-0.39, 0.29) is 0 Å². The van der Waals surface area contributed by atoms with Crippen LogP contribution < -0.4 is 5.32 Å². The van der Waals surface area contributed by atoms with Crippen molar-refractivity contribution in [2.75, 3.05) is 6.54 Å². The fourth-order valence-corrected chi connectivity index (χ4v) is 2.70. The van der Waals surface area contributed by atoms with E-state index < -0.39 is 0 Å². The minimum absolute atomic E-state index is 0.692. The van der Waals surface area contributed by atoms with E-state index >= 15 is 0 Å². The lowest BCUT2D eigenvalue weighted by Gasteiger charge is -2.28. The van der Waals surface area contributed by atoms with Gasteiger partial charge >= 0.3 is 0 Å². The van der Waals surface area contributed by atoms with Crippen molar-refractivity contribution in [2.24, 2.45) is 5.92 Å². The highest BCUT2D eigenvalue weighted by Gasteiger charge is 2.17. The Morgan fingerprint density at radius 1 is 1.12 bits per heavy atom. The first-order chi connectivity index (χ1) is 7.63. The van der Waals surface area contributed by atoms with Crippen LogP contribution in [0.2, 0.25) is 0 Å². The van der Waals surface area contributed by atoms with Gasteiger partial charge in [-0.05, 0) is 51.1 Å². The van der Waals surface area contributed by atoms with Crippen molar-refractivity contribution in [3.8, 4) is 0 Å². The van der Waals surface area contributed by atoms with Crippen molar-refractivity contribution in [1.29, 1.82) is 0 Å². The number of hydrogen-bond acceptors (Lipinski definition) is 1. The molecule has 0 aliphatic carbocycles. The van der Waals surface area contributed by atoms with Crippen molar-refractivity contribution in [3.63, 3.8) is 0 Å². The van der Waals surface area contributed by atoms with Gasteiger partial charge in [-0.25, -0.2) is 0 Å². The van der Waals surface area contributed by atoms with E-state index in [9.17, 15) is 0 Å². The molecule has 1 heteroatoms. The Balaban J connectivity index is 1.98. The third kappa shape index (κ3) is 3.08. The van der Waals surface area contributed by atoms with Crippen LogP contribution in [-0.2, 0) is 6.42 Å². The number of hydrogen-bond donors (Lipinski definition) is 1. The number of piperidine rings is 1. The lowest BCUT2D eigenvalue weighted by Crippen LogP contribution is -2.39. The van der Waals surface area contributed by atoms with Crippen LogP contribution in [0.3, 0.4) is 0 Å². The molecular formula is C15H23N. The molecule has 1 fully saturated rings. The third-order valence-electron chi connectivity index (χ3n) is 3.53. The standard InChI is InChI=1S/C15H23N/c1-11-4-5-15(16-10-11)9-14-7-12(2)6-13(3)8-14/h6-8,11,15-16H,4-5,9-10H2,1-3H3. The Morgan fingerprint density at radius 3 is 2.38 bits per heavy atom. The fraction of sp³-hybridized carbons (Fsp3) is 0.600. The van der Waals surface area contributed by atoms with Crippen LogP contribution in [0.15, 0.2) is 18.2 Å². The topological polar surface area (TPSA) is 12.0 Å². The van der Waals surface area contributed by atoms with Crippen molar-refractivity contribution in [1.82, 2.24) is 5.32 Å². The first-order valence-corrected chi connectivity index (χ1v) is 6.44. The number of benzene rings is 1. The summed E-state index contributed by atoms with van der Waals surface area (Å²) in [6.07, 6.45) is 3.89. The van der Waals surface area contributed by atoms with E-state index in [0.717, 1.165) is 5.92 Å². The van der Waals surface area contributed by atoms with Crippen molar-refractivity contribution in [2.45, 2.75) is 46.1 Å². The van der Waals surface area contributed by atoms with Gasteiger partial charge in [0.1, 0.15) is 0 Å². The maximum absolute atomic E-state index is 3.66. The van der Waals surface area contributed by atoms with Crippen LogP contribution in [0.4, 0.5) is 0 Å². The zero-order chi connectivity index (χ0) is 11.5. The van der Waals surface area contributed by atoms with Crippen LogP contribution >= 0.6 is 0 Å². The first-order valence-electron chi connectivity index (χ1n) is 6.44. The van der Waals surface area contributed by atoms with E-state index in [1.54, 1.807) is 0 Å². The summed E-state index contributed by atoms with van der Waals surface area (Å²) >= 11 is 0. The van der Waals surface area contributed by atoms with E-state index in [1.807, 2.05) is 0 Å². The maximum Gasteiger partial charge on any atom is 0.0108 e. The van der Waals surface area contributed by atoms with Crippen LogP contribution in [0.1, 0.15) is 36.5 Å². The van der Waals surface area contributed by atoms with Crippen molar-refractivity contribution >= 4 is 0 Å². The molecule has 0 radical (unpaired) electrons. The van der Waals surface area contributed by atoms with Gasteiger partial charge in [0.2, 0.25) is 0 Å². The molecule has 1 aliphatic rings. The Labute approximate surface area is 99.3 Å². The molecule has 88 valence electrons. The van der Waals surface area contributed by atoms with Crippen molar-refractivity contribution < 1.29 is 0 Å². The molecule has 1 saturated heterocycles. The average Bonchev–Trinajstić information content (AvgIpc) is 2.20. The molecule has 2 atom stereocenters. The van der Waals surface area contributed by atoms with Crippen LogP contribution in [0.25, 0.3) is 0 Å². The second kappa shape index (κ2) is 5.01. The smallest absolute Gasteiger partial charge is 0.0108 e. The monoisotopic (exact) mass is 217 g/mol. The molecule has 1 aromatic rings. The van der Waals surface area contributed by atoms with E-state index in [1.165, 1.54) is 42.5 Å². The van der Waals surface area contributed by atoms with Gasteiger partial charge in [0, 0.05) is 6.04 Å². The molecule has 0 saturated carbocycles. The van der Waals surface area contributed by atoms with Crippen LogP contribution in [-0.4, -0.2) is 12.6 Å². The van der Waals surface area contributed by atoms with Gasteiger partial charge < -0.3 is 5.32 Å². The molecule has 2 unspecified atom stereocenters. The third-order valence-corrected chi connectivity index (χ3v) is 3.53. The minimum atomic E-state index is 0.692. The zero-order valence-corrected chi connectivity index (χ0v) is 10.7. The van der Waals surface area contributed by atoms with Crippen LogP contribution in [0, 0.1) is 19.8 Å². The Morgan fingerprint density at radius 2 is 1.81 bits per heavy atom. The summed E-state index contributed by atoms with van der Waals surface area (Å²) in [7, 11) is 0. The number of nitrogens with one attached hydrogen (secondary N) is 1. The second-order valence-corrected chi connectivity index (χ2v) is 5.49. The SMILES string of the molecule is Cc1cc(C)cc(CC2CCC(C)CN2)c1. The molecule has 1 heterocycles. The highest BCUT2D eigenvalue weighted by atomic mass is 14.9. The molecule has 1 nitrogen and oxygen atoms in total. The molecule has 2 rings (SSSR count). The number of aryl methyl sites for hydroxylation is 2. The summed E-state index contributed by atoms with van der Waals surface area (Å²) in [5, 5.41) is 3.66. The summed E-state index contributed by atoms with van der Waals surface area (Å²) in [4.78, 5) is 0. The Kier molecular flexibility index (Phi) is 3.65. The largest absolute Gasteiger partial charge is 0.313 e. The fourth-order valence-electron chi connectivity index (χ4n) is 2.70. The van der Waals surface area contributed by atoms with Gasteiger partial charge in [-0.3, -0.25) is 0 Å². The summed E-state index contributed by atoms with van der Waals surface area (Å²) in [5.41, 5.74) is 4.27. The van der Waals surface area contributed by atoms with Gasteiger partial charge in [-0.15, -0.1) is 0 Å². The summed E-state index contributed by atoms with van der Waals surface area (Å²) in [6, 6.07) is 7.59. The predicted octanol–water partition coefficient (Wildman–Crippen LogP) is 3.23. The normalized spacial score (nSPS) is 25.7. The quantitative estimate of drug-likeness (QED) is 0.802. The minimum Gasteiger partial charge on any atom is -0.313 e. The predicted molar refractivity (Wildman–Crippen MR) is 69.8 cm³/mol. The van der Waals surface area contributed by atoms with Gasteiger partial charge in [-0.1, -0.05) is 36.2 Å². The molecule has 0 aromatic heterocycles. The van der Waals surface area contributed by atoms with Gasteiger partial charge in [0.05, 0.1) is 0 Å². The van der Waals surface area contributed by atoms with Crippen LogP contribution in [0.5, 0.6) is 0 Å². The van der Waals surface area contributed by atoms with Gasteiger partial charge in [0.25, 0.3) is 0 Å². The lowest BCUT2D eigenvalue weighted by atomic mass is 9.92. The Hall–Kier alpha value is -0.820. The molecule has 0 bridgehead atoms. The summed E-state index contributed by atoms with van der Waals surface area (Å²) < 4.78 is 0. The van der Waals surface area contributed by atoms with E-state index in [4.69, 9.17) is 0 Å². The maximum atomic E-state index is 3.66. The second-order valence-electron chi connectivity index (χ2n) is 5.49. The molecule has 1 aliphatic heterocycles. The summed E-state index contributed by atoms with van der Waals surface area (Å²) in [5.74, 6) is 0.857. The van der Waals surface area contributed by atoms with E-state index in [0.29, 0.717) is 6.04 Å². The van der Waals surface area contributed by atoms with E-state index in [2.05, 4.69) is 44.3 Å². The average molecular weight is 217 g/mol. The van der Waals surface area contributed by atoms with Crippen molar-refractivity contribution in [3.05, 3.63) is 34.9 Å². The molecule has 16 heavy (non-hydrogen) atoms. The Bertz CT molecular complexity index is 328. The first kappa shape index (κ1) is 11.7. The summed E-state index contributed by atoms with van der Waals surface area (Å²) in [6.45, 7) is 7.90. The van der Waals surface area contributed by atoms with Gasteiger partial charge in [0.15, 0.2) is 0 Å². The molecule has 1 N–H and O–H groups in total. The van der Waals surface area contributed by atoms with Gasteiger partial charge in [-0.2, -0.15) is 0 Å². The number of rotatable bonds is 2. The molecule has 0 amide bonds. The molecular weight excluding hydrogens is 194 g/mol. The highest BCUT2D eigenvalue weighted by molar-refractivity contribution is 5.29. The highest BCUT2D eigenvalue weighted by Crippen LogP contribution is 2.18. The molecule has 0 spiro atoms.